The van der Waals surface area contributed by atoms with E-state index in [9.17, 15) is 13.2 Å². The molecular weight excluding hydrogens is 450 g/mol. The Balaban J connectivity index is 1.71. The number of thiazole rings is 1. The highest BCUT2D eigenvalue weighted by Crippen LogP contribution is 2.36. The summed E-state index contributed by atoms with van der Waals surface area (Å²) in [5.41, 5.74) is 0.855. The van der Waals surface area contributed by atoms with E-state index in [1.807, 2.05) is 20.3 Å². The lowest BCUT2D eigenvalue weighted by Gasteiger charge is -2.20. The van der Waals surface area contributed by atoms with E-state index in [0.717, 1.165) is 41.3 Å². The monoisotopic (exact) mass is 481 g/mol. The zero-order valence-corrected chi connectivity index (χ0v) is 20.8. The molecule has 0 spiro atoms. The quantitative estimate of drug-likeness (QED) is 0.503. The minimum Gasteiger partial charge on any atom is -0.309 e. The highest BCUT2D eigenvalue weighted by molar-refractivity contribution is 8.01. The number of carbonyl (C=O) groups excluding carboxylic acids is 1. The Hall–Kier alpha value is -1.42. The molecule has 1 aromatic carbocycles. The van der Waals surface area contributed by atoms with Gasteiger partial charge in [-0.25, -0.2) is 13.4 Å². The number of amides is 1. The van der Waals surface area contributed by atoms with Crippen molar-refractivity contribution < 1.29 is 13.2 Å². The summed E-state index contributed by atoms with van der Waals surface area (Å²) in [6.07, 6.45) is 8.51. The minimum absolute atomic E-state index is 0.0711. The summed E-state index contributed by atoms with van der Waals surface area (Å²) in [7, 11) is 0.834. The van der Waals surface area contributed by atoms with Crippen LogP contribution in [0.2, 0.25) is 0 Å². The number of nitrogens with zero attached hydrogens (tertiary/aromatic N) is 2. The molecule has 0 bridgehead atoms. The van der Waals surface area contributed by atoms with Gasteiger partial charge in [-0.1, -0.05) is 49.2 Å². The van der Waals surface area contributed by atoms with Crippen LogP contribution in [0.25, 0.3) is 0 Å². The van der Waals surface area contributed by atoms with Gasteiger partial charge in [-0.05, 0) is 44.1 Å². The van der Waals surface area contributed by atoms with Gasteiger partial charge in [-0.2, -0.15) is 0 Å². The fraction of sp³-hybridized carbons (Fsp3) is 0.545. The molecule has 1 aliphatic rings. The SMILES string of the molecule is CN(C)CCSc1cnc(NC(=O)C(CC2CCCC2)c2ccc(S(C)(=O)=O)cc2)s1. The van der Waals surface area contributed by atoms with Gasteiger partial charge in [0.05, 0.1) is 21.2 Å². The summed E-state index contributed by atoms with van der Waals surface area (Å²) >= 11 is 3.23. The Bertz CT molecular complexity index is 965. The van der Waals surface area contributed by atoms with Crippen molar-refractivity contribution in [1.82, 2.24) is 9.88 Å². The second kappa shape index (κ2) is 10.9. The first-order chi connectivity index (χ1) is 14.7. The van der Waals surface area contributed by atoms with E-state index in [1.54, 1.807) is 36.0 Å². The van der Waals surface area contributed by atoms with E-state index in [2.05, 4.69) is 15.2 Å². The number of hydrogen-bond acceptors (Lipinski definition) is 7. The molecule has 1 saturated carbocycles. The largest absolute Gasteiger partial charge is 0.309 e. The van der Waals surface area contributed by atoms with Gasteiger partial charge in [0.15, 0.2) is 15.0 Å². The summed E-state index contributed by atoms with van der Waals surface area (Å²) < 4.78 is 24.7. The molecular formula is C22H31N3O3S3. The molecule has 1 aliphatic carbocycles. The Labute approximate surface area is 193 Å². The van der Waals surface area contributed by atoms with Gasteiger partial charge >= 0.3 is 0 Å². The molecule has 1 amide bonds. The molecule has 1 N–H and O–H groups in total. The first-order valence-corrected chi connectivity index (χ1v) is 14.3. The topological polar surface area (TPSA) is 79.4 Å². The molecule has 6 nitrogen and oxygen atoms in total. The molecule has 170 valence electrons. The first kappa shape index (κ1) is 24.2. The smallest absolute Gasteiger partial charge is 0.233 e. The van der Waals surface area contributed by atoms with E-state index >= 15 is 0 Å². The van der Waals surface area contributed by atoms with Crippen molar-refractivity contribution in [2.45, 2.75) is 47.1 Å². The standard InChI is InChI=1S/C22H31N3O3S3/c1-25(2)12-13-29-20-15-23-22(30-20)24-21(26)19(14-16-6-4-5-7-16)17-8-10-18(11-9-17)31(3,27)28/h8-11,15-16,19H,4-7,12-14H2,1-3H3,(H,23,24,26). The van der Waals surface area contributed by atoms with Crippen LogP contribution in [0.4, 0.5) is 5.13 Å². The van der Waals surface area contributed by atoms with Crippen LogP contribution in [0.15, 0.2) is 39.6 Å². The lowest BCUT2D eigenvalue weighted by atomic mass is 9.87. The van der Waals surface area contributed by atoms with Gasteiger partial charge in [-0.15, -0.1) is 11.8 Å². The maximum atomic E-state index is 13.2. The summed E-state index contributed by atoms with van der Waals surface area (Å²) in [5, 5.41) is 3.62. The van der Waals surface area contributed by atoms with Crippen LogP contribution in [-0.4, -0.2) is 56.9 Å². The molecule has 9 heteroatoms. The molecule has 0 radical (unpaired) electrons. The van der Waals surface area contributed by atoms with Crippen molar-refractivity contribution in [3.63, 3.8) is 0 Å². The van der Waals surface area contributed by atoms with Gasteiger partial charge in [0.2, 0.25) is 5.91 Å². The highest BCUT2D eigenvalue weighted by Gasteiger charge is 2.27. The third-order valence-electron chi connectivity index (χ3n) is 5.57. The predicted octanol–water partition coefficient (Wildman–Crippen LogP) is 4.50. The third kappa shape index (κ3) is 7.30. The van der Waals surface area contributed by atoms with Crippen molar-refractivity contribution in [3.05, 3.63) is 36.0 Å². The number of thioether (sulfide) groups is 1. The number of benzene rings is 1. The molecule has 1 fully saturated rings. The summed E-state index contributed by atoms with van der Waals surface area (Å²) in [4.78, 5) is 20.0. The van der Waals surface area contributed by atoms with Crippen LogP contribution in [0.1, 0.15) is 43.6 Å². The van der Waals surface area contributed by atoms with Crippen LogP contribution < -0.4 is 5.32 Å². The maximum Gasteiger partial charge on any atom is 0.233 e. The van der Waals surface area contributed by atoms with Gasteiger partial charge in [0, 0.05) is 18.6 Å². The summed E-state index contributed by atoms with van der Waals surface area (Å²) in [6, 6.07) is 6.75. The number of sulfone groups is 1. The number of aromatic nitrogens is 1. The average molecular weight is 482 g/mol. The third-order valence-corrected chi connectivity index (χ3v) is 8.78. The van der Waals surface area contributed by atoms with E-state index < -0.39 is 9.84 Å². The van der Waals surface area contributed by atoms with Crippen molar-refractivity contribution >= 4 is 44.0 Å². The zero-order chi connectivity index (χ0) is 22.4. The van der Waals surface area contributed by atoms with E-state index in [4.69, 9.17) is 0 Å². The Morgan fingerprint density at radius 1 is 1.26 bits per heavy atom. The Morgan fingerprint density at radius 2 is 1.94 bits per heavy atom. The minimum atomic E-state index is -3.26. The Kier molecular flexibility index (Phi) is 8.55. The van der Waals surface area contributed by atoms with Crippen LogP contribution in [0.3, 0.4) is 0 Å². The maximum absolute atomic E-state index is 13.2. The Morgan fingerprint density at radius 3 is 2.55 bits per heavy atom. The number of rotatable bonds is 10. The zero-order valence-electron chi connectivity index (χ0n) is 18.3. The molecule has 1 heterocycles. The van der Waals surface area contributed by atoms with Gasteiger partial charge in [0.25, 0.3) is 0 Å². The lowest BCUT2D eigenvalue weighted by molar-refractivity contribution is -0.118. The lowest BCUT2D eigenvalue weighted by Crippen LogP contribution is -2.23. The summed E-state index contributed by atoms with van der Waals surface area (Å²) in [5.74, 6) is 1.11. The highest BCUT2D eigenvalue weighted by atomic mass is 32.2. The molecule has 31 heavy (non-hydrogen) atoms. The molecule has 0 aliphatic heterocycles. The molecule has 1 atom stereocenters. The molecule has 2 aromatic rings. The van der Waals surface area contributed by atoms with Crippen molar-refractivity contribution in [2.75, 3.05) is 38.0 Å². The number of anilines is 1. The fourth-order valence-corrected chi connectivity index (χ4v) is 6.52. The van der Waals surface area contributed by atoms with Crippen molar-refractivity contribution in [3.8, 4) is 0 Å². The van der Waals surface area contributed by atoms with E-state index in [0.29, 0.717) is 11.0 Å². The van der Waals surface area contributed by atoms with Crippen LogP contribution in [-0.2, 0) is 14.6 Å². The summed E-state index contributed by atoms with van der Waals surface area (Å²) in [6.45, 7) is 0.983. The molecule has 0 saturated heterocycles. The second-order valence-corrected chi connectivity index (χ2v) is 12.8. The second-order valence-electron chi connectivity index (χ2n) is 8.41. The van der Waals surface area contributed by atoms with Gasteiger partial charge < -0.3 is 10.2 Å². The normalized spacial score (nSPS) is 16.0. The van der Waals surface area contributed by atoms with Crippen LogP contribution >= 0.6 is 23.1 Å². The first-order valence-electron chi connectivity index (χ1n) is 10.6. The predicted molar refractivity (Wildman–Crippen MR) is 129 cm³/mol. The van der Waals surface area contributed by atoms with Crippen molar-refractivity contribution in [2.24, 2.45) is 5.92 Å². The number of carbonyl (C=O) groups is 1. The molecule has 1 unspecified atom stereocenters. The molecule has 1 aromatic heterocycles. The van der Waals surface area contributed by atoms with Crippen LogP contribution in [0.5, 0.6) is 0 Å². The van der Waals surface area contributed by atoms with Crippen molar-refractivity contribution in [1.29, 1.82) is 0 Å². The average Bonchev–Trinajstić information content (AvgIpc) is 3.37. The van der Waals surface area contributed by atoms with E-state index in [1.165, 1.54) is 30.4 Å². The number of nitrogens with one attached hydrogen (secondary N) is 1. The van der Waals surface area contributed by atoms with Gasteiger partial charge in [0.1, 0.15) is 0 Å². The molecule has 3 rings (SSSR count). The fourth-order valence-electron chi connectivity index (χ4n) is 3.83. The number of hydrogen-bond donors (Lipinski definition) is 1. The van der Waals surface area contributed by atoms with Crippen LogP contribution in [0, 0.1) is 5.92 Å². The van der Waals surface area contributed by atoms with E-state index in [-0.39, 0.29) is 16.7 Å². The van der Waals surface area contributed by atoms with Gasteiger partial charge in [-0.3, -0.25) is 4.79 Å².